The summed E-state index contributed by atoms with van der Waals surface area (Å²) >= 11 is 0. The highest BCUT2D eigenvalue weighted by atomic mass is 16.6. The smallest absolute Gasteiger partial charge is 0.123 e. The molecule has 1 unspecified atom stereocenters. The van der Waals surface area contributed by atoms with Crippen LogP contribution >= 0.6 is 0 Å². The van der Waals surface area contributed by atoms with E-state index in [2.05, 4.69) is 0 Å². The van der Waals surface area contributed by atoms with E-state index < -0.39 is 0 Å². The van der Waals surface area contributed by atoms with Crippen LogP contribution in [0.4, 0.5) is 0 Å². The Morgan fingerprint density at radius 1 is 1.70 bits per heavy atom. The van der Waals surface area contributed by atoms with Crippen molar-refractivity contribution in [3.8, 4) is 0 Å². The predicted molar refractivity (Wildman–Crippen MR) is 39.7 cm³/mol. The van der Waals surface area contributed by atoms with Gasteiger partial charge in [-0.2, -0.15) is 0 Å². The first-order chi connectivity index (χ1) is 4.62. The summed E-state index contributed by atoms with van der Waals surface area (Å²) in [6, 6.07) is 0. The third-order valence-corrected chi connectivity index (χ3v) is 1.34. The molecule has 58 valence electrons. The second kappa shape index (κ2) is 2.62. The van der Waals surface area contributed by atoms with Gasteiger partial charge in [0, 0.05) is 0 Å². The fourth-order valence-electron chi connectivity index (χ4n) is 0.591. The van der Waals surface area contributed by atoms with Crippen LogP contribution in [0.5, 0.6) is 0 Å². The largest absolute Gasteiger partial charge is 0.498 e. The van der Waals surface area contributed by atoms with Gasteiger partial charge in [-0.1, -0.05) is 0 Å². The fraction of sp³-hybridized carbons (Fsp3) is 0.750. The van der Waals surface area contributed by atoms with Crippen molar-refractivity contribution in [2.75, 3.05) is 13.2 Å². The summed E-state index contributed by atoms with van der Waals surface area (Å²) < 4.78 is 10.4. The fourth-order valence-corrected chi connectivity index (χ4v) is 0.591. The van der Waals surface area contributed by atoms with E-state index in [-0.39, 0.29) is 5.60 Å². The quantitative estimate of drug-likeness (QED) is 0.442. The molecule has 0 N–H and O–H groups in total. The Balaban J connectivity index is 2.11. The number of rotatable bonds is 3. The van der Waals surface area contributed by atoms with E-state index in [1.54, 1.807) is 6.26 Å². The Morgan fingerprint density at radius 2 is 2.30 bits per heavy atom. The maximum atomic E-state index is 5.23. The molecule has 0 aromatic heterocycles. The molecule has 1 heterocycles. The molecule has 0 saturated carbocycles. The average molecular weight is 142 g/mol. The molecule has 0 aromatic carbocycles. The maximum Gasteiger partial charge on any atom is 0.123 e. The zero-order valence-electron chi connectivity index (χ0n) is 6.81. The van der Waals surface area contributed by atoms with Crippen molar-refractivity contribution in [3.05, 3.63) is 11.8 Å². The van der Waals surface area contributed by atoms with Crippen molar-refractivity contribution in [1.82, 2.24) is 0 Å². The third kappa shape index (κ3) is 2.40. The van der Waals surface area contributed by atoms with Crippen LogP contribution in [0.25, 0.3) is 0 Å². The number of hydrogen-bond acceptors (Lipinski definition) is 2. The zero-order valence-corrected chi connectivity index (χ0v) is 6.81. The monoisotopic (exact) mass is 142 g/mol. The topological polar surface area (TPSA) is 21.8 Å². The molecular weight excluding hydrogens is 128 g/mol. The molecule has 2 nitrogen and oxygen atoms in total. The average Bonchev–Trinajstić information content (AvgIpc) is 2.47. The summed E-state index contributed by atoms with van der Waals surface area (Å²) in [4.78, 5) is 0. The number of ether oxygens (including phenoxy) is 2. The predicted octanol–water partition coefficient (Wildman–Crippen LogP) is 1.72. The molecular formula is C8H14O2. The van der Waals surface area contributed by atoms with Crippen LogP contribution in [0.1, 0.15) is 20.8 Å². The second-order valence-corrected chi connectivity index (χ2v) is 3.24. The highest BCUT2D eigenvalue weighted by Gasteiger charge is 2.39. The van der Waals surface area contributed by atoms with Gasteiger partial charge >= 0.3 is 0 Å². The van der Waals surface area contributed by atoms with E-state index >= 15 is 0 Å². The van der Waals surface area contributed by atoms with Gasteiger partial charge in [-0.3, -0.25) is 0 Å². The molecule has 1 aliphatic heterocycles. The van der Waals surface area contributed by atoms with Crippen molar-refractivity contribution in [1.29, 1.82) is 0 Å². The van der Waals surface area contributed by atoms with Crippen molar-refractivity contribution >= 4 is 0 Å². The molecule has 1 saturated heterocycles. The van der Waals surface area contributed by atoms with Gasteiger partial charge in [0.2, 0.25) is 0 Å². The van der Waals surface area contributed by atoms with Crippen molar-refractivity contribution in [2.45, 2.75) is 26.4 Å². The van der Waals surface area contributed by atoms with Gasteiger partial charge in [0.05, 0.1) is 12.9 Å². The highest BCUT2D eigenvalue weighted by molar-refractivity contribution is 4.90. The van der Waals surface area contributed by atoms with E-state index in [4.69, 9.17) is 9.47 Å². The van der Waals surface area contributed by atoms with E-state index in [1.807, 2.05) is 20.8 Å². The molecule has 2 heteroatoms. The first-order valence-corrected chi connectivity index (χ1v) is 3.51. The second-order valence-electron chi connectivity index (χ2n) is 3.24. The van der Waals surface area contributed by atoms with E-state index in [0.717, 1.165) is 6.61 Å². The molecule has 1 fully saturated rings. The zero-order chi connectivity index (χ0) is 7.61. The number of allylic oxidation sites excluding steroid dienone is 1. The Hall–Kier alpha value is -0.500. The summed E-state index contributed by atoms with van der Waals surface area (Å²) in [7, 11) is 0. The lowest BCUT2D eigenvalue weighted by Crippen LogP contribution is -2.11. The van der Waals surface area contributed by atoms with Crippen LogP contribution in [-0.4, -0.2) is 18.8 Å². The Bertz CT molecular complexity index is 141. The van der Waals surface area contributed by atoms with Crippen molar-refractivity contribution < 1.29 is 9.47 Å². The minimum Gasteiger partial charge on any atom is -0.498 e. The normalized spacial score (nSPS) is 29.5. The molecule has 0 amide bonds. The van der Waals surface area contributed by atoms with Crippen LogP contribution < -0.4 is 0 Å². The van der Waals surface area contributed by atoms with Crippen LogP contribution in [0.15, 0.2) is 11.8 Å². The molecule has 0 aromatic rings. The molecule has 0 spiro atoms. The van der Waals surface area contributed by atoms with E-state index in [1.165, 1.54) is 5.57 Å². The molecule has 0 radical (unpaired) electrons. The van der Waals surface area contributed by atoms with Gasteiger partial charge in [0.1, 0.15) is 12.2 Å². The summed E-state index contributed by atoms with van der Waals surface area (Å²) in [5, 5.41) is 0. The first kappa shape index (κ1) is 7.61. The lowest BCUT2D eigenvalue weighted by molar-refractivity contribution is 0.161. The first-order valence-electron chi connectivity index (χ1n) is 3.51. The Morgan fingerprint density at radius 3 is 2.70 bits per heavy atom. The van der Waals surface area contributed by atoms with Crippen LogP contribution in [-0.2, 0) is 9.47 Å². The Labute approximate surface area is 61.8 Å². The van der Waals surface area contributed by atoms with Gasteiger partial charge in [-0.15, -0.1) is 0 Å². The molecule has 1 aliphatic rings. The number of epoxide rings is 1. The summed E-state index contributed by atoms with van der Waals surface area (Å²) in [6.45, 7) is 7.58. The van der Waals surface area contributed by atoms with Gasteiger partial charge < -0.3 is 9.47 Å². The van der Waals surface area contributed by atoms with Gasteiger partial charge in [0.15, 0.2) is 0 Å². The summed E-state index contributed by atoms with van der Waals surface area (Å²) in [6.07, 6.45) is 1.77. The number of hydrogen-bond donors (Lipinski definition) is 0. The van der Waals surface area contributed by atoms with Gasteiger partial charge in [-0.05, 0) is 26.3 Å². The van der Waals surface area contributed by atoms with Crippen molar-refractivity contribution in [2.24, 2.45) is 0 Å². The van der Waals surface area contributed by atoms with Gasteiger partial charge in [0.25, 0.3) is 0 Å². The molecule has 0 bridgehead atoms. The van der Waals surface area contributed by atoms with Crippen LogP contribution in [0.2, 0.25) is 0 Å². The minimum atomic E-state index is 0.0198. The van der Waals surface area contributed by atoms with Crippen LogP contribution in [0, 0.1) is 0 Å². The lowest BCUT2D eigenvalue weighted by atomic mass is 10.2. The highest BCUT2D eigenvalue weighted by Crippen LogP contribution is 2.25. The summed E-state index contributed by atoms with van der Waals surface area (Å²) in [5.74, 6) is 0. The van der Waals surface area contributed by atoms with E-state index in [0.29, 0.717) is 6.61 Å². The molecule has 1 atom stereocenters. The maximum absolute atomic E-state index is 5.23. The molecule has 10 heavy (non-hydrogen) atoms. The van der Waals surface area contributed by atoms with Crippen molar-refractivity contribution in [3.63, 3.8) is 0 Å². The van der Waals surface area contributed by atoms with Crippen LogP contribution in [0.3, 0.4) is 0 Å². The molecule has 0 aliphatic carbocycles. The minimum absolute atomic E-state index is 0.0198. The third-order valence-electron chi connectivity index (χ3n) is 1.34. The SMILES string of the molecule is CC(C)=COCC1(C)CO1. The van der Waals surface area contributed by atoms with Gasteiger partial charge in [-0.25, -0.2) is 0 Å². The standard InChI is InChI=1S/C8H14O2/c1-7(2)4-9-5-8(3)6-10-8/h4H,5-6H2,1-3H3. The lowest BCUT2D eigenvalue weighted by Gasteiger charge is -2.03. The summed E-state index contributed by atoms with van der Waals surface area (Å²) in [5.41, 5.74) is 1.20. The van der Waals surface area contributed by atoms with E-state index in [9.17, 15) is 0 Å². The Kier molecular flexibility index (Phi) is 2.00. The molecule has 1 rings (SSSR count).